The number of amides is 1. The molecule has 1 fully saturated rings. The van der Waals surface area contributed by atoms with E-state index in [-0.39, 0.29) is 17.5 Å². The Morgan fingerprint density at radius 1 is 1.50 bits per heavy atom. The van der Waals surface area contributed by atoms with Crippen LogP contribution in [0.3, 0.4) is 0 Å². The fourth-order valence-electron chi connectivity index (χ4n) is 2.66. The van der Waals surface area contributed by atoms with Gasteiger partial charge in [0.15, 0.2) is 0 Å². The van der Waals surface area contributed by atoms with Crippen LogP contribution in [-0.2, 0) is 0 Å². The molecule has 5 nitrogen and oxygen atoms in total. The van der Waals surface area contributed by atoms with Crippen molar-refractivity contribution in [3.05, 3.63) is 29.8 Å². The monoisotopic (exact) mass is 276 g/mol. The molecule has 1 saturated heterocycles. The van der Waals surface area contributed by atoms with Crippen LogP contribution in [0, 0.1) is 11.7 Å². The summed E-state index contributed by atoms with van der Waals surface area (Å²) in [5.74, 6) is -0.346. The zero-order valence-electron chi connectivity index (χ0n) is 11.2. The molecule has 2 heterocycles. The highest BCUT2D eigenvalue weighted by atomic mass is 19.1. The normalized spacial score (nSPS) is 22.9. The third-order valence-electron chi connectivity index (χ3n) is 3.83. The number of hydrogen-bond donors (Lipinski definition) is 3. The van der Waals surface area contributed by atoms with E-state index in [0.29, 0.717) is 17.0 Å². The predicted octanol–water partition coefficient (Wildman–Crippen LogP) is 1.43. The van der Waals surface area contributed by atoms with Gasteiger partial charge in [-0.2, -0.15) is 0 Å². The van der Waals surface area contributed by atoms with E-state index < -0.39 is 5.82 Å². The number of halogens is 1. The van der Waals surface area contributed by atoms with E-state index >= 15 is 0 Å². The van der Waals surface area contributed by atoms with E-state index in [9.17, 15) is 9.18 Å². The second kappa shape index (κ2) is 5.20. The van der Waals surface area contributed by atoms with Crippen molar-refractivity contribution in [1.82, 2.24) is 20.6 Å². The molecule has 20 heavy (non-hydrogen) atoms. The Balaban J connectivity index is 1.86. The second-order valence-electron chi connectivity index (χ2n) is 5.30. The molecule has 0 spiro atoms. The van der Waals surface area contributed by atoms with E-state index in [2.05, 4.69) is 27.5 Å². The van der Waals surface area contributed by atoms with Crippen molar-refractivity contribution in [2.75, 3.05) is 13.1 Å². The number of hydrogen-bond acceptors (Lipinski definition) is 3. The zero-order chi connectivity index (χ0) is 14.1. The number of imidazole rings is 1. The molecule has 2 unspecified atom stereocenters. The average Bonchev–Trinajstić information content (AvgIpc) is 2.88. The number of piperidine rings is 1. The van der Waals surface area contributed by atoms with Gasteiger partial charge in [0.1, 0.15) is 11.3 Å². The lowest BCUT2D eigenvalue weighted by molar-refractivity contribution is 0.0915. The van der Waals surface area contributed by atoms with E-state index in [1.54, 1.807) is 0 Å². The minimum atomic E-state index is -0.440. The van der Waals surface area contributed by atoms with E-state index in [1.807, 2.05) is 0 Å². The van der Waals surface area contributed by atoms with Crippen molar-refractivity contribution in [3.63, 3.8) is 0 Å². The number of aromatic nitrogens is 2. The summed E-state index contributed by atoms with van der Waals surface area (Å²) in [6, 6.07) is 2.69. The third kappa shape index (κ3) is 2.38. The van der Waals surface area contributed by atoms with Crippen LogP contribution in [0.2, 0.25) is 0 Å². The molecular weight excluding hydrogens is 259 g/mol. The number of rotatable bonds is 2. The van der Waals surface area contributed by atoms with Gasteiger partial charge in [-0.3, -0.25) is 4.79 Å². The highest BCUT2D eigenvalue weighted by Gasteiger charge is 2.24. The fraction of sp³-hybridized carbons (Fsp3) is 0.429. The smallest absolute Gasteiger partial charge is 0.253 e. The molecule has 2 atom stereocenters. The van der Waals surface area contributed by atoms with Gasteiger partial charge in [-0.05, 0) is 37.6 Å². The Kier molecular flexibility index (Phi) is 3.40. The van der Waals surface area contributed by atoms with Gasteiger partial charge in [0, 0.05) is 6.04 Å². The van der Waals surface area contributed by atoms with Crippen molar-refractivity contribution >= 4 is 16.9 Å². The van der Waals surface area contributed by atoms with Crippen LogP contribution in [0.15, 0.2) is 18.5 Å². The Morgan fingerprint density at radius 3 is 3.15 bits per heavy atom. The van der Waals surface area contributed by atoms with Gasteiger partial charge in [-0.25, -0.2) is 9.37 Å². The molecule has 1 aliphatic rings. The molecular formula is C14H17FN4O. The average molecular weight is 276 g/mol. The number of carbonyl (C=O) groups is 1. The molecule has 1 amide bonds. The highest BCUT2D eigenvalue weighted by molar-refractivity contribution is 6.04. The van der Waals surface area contributed by atoms with Gasteiger partial charge >= 0.3 is 0 Å². The van der Waals surface area contributed by atoms with Crippen LogP contribution in [0.25, 0.3) is 11.0 Å². The fourth-order valence-corrected chi connectivity index (χ4v) is 2.66. The van der Waals surface area contributed by atoms with Gasteiger partial charge in [0.25, 0.3) is 5.91 Å². The number of benzene rings is 1. The highest BCUT2D eigenvalue weighted by Crippen LogP contribution is 2.18. The van der Waals surface area contributed by atoms with Crippen molar-refractivity contribution in [3.8, 4) is 0 Å². The first-order valence-electron chi connectivity index (χ1n) is 6.79. The van der Waals surface area contributed by atoms with Crippen molar-refractivity contribution in [1.29, 1.82) is 0 Å². The molecule has 0 saturated carbocycles. The van der Waals surface area contributed by atoms with Crippen LogP contribution in [-0.4, -0.2) is 35.0 Å². The maximum atomic E-state index is 13.6. The first-order chi connectivity index (χ1) is 9.65. The molecule has 1 aromatic heterocycles. The summed E-state index contributed by atoms with van der Waals surface area (Å²) < 4.78 is 13.6. The summed E-state index contributed by atoms with van der Waals surface area (Å²) in [6.07, 6.45) is 2.35. The van der Waals surface area contributed by atoms with Gasteiger partial charge in [0.05, 0.1) is 17.4 Å². The third-order valence-corrected chi connectivity index (χ3v) is 3.83. The maximum Gasteiger partial charge on any atom is 0.253 e. The molecule has 3 rings (SSSR count). The Labute approximate surface area is 116 Å². The van der Waals surface area contributed by atoms with Gasteiger partial charge in [0.2, 0.25) is 0 Å². The van der Waals surface area contributed by atoms with Crippen LogP contribution in [0.1, 0.15) is 23.7 Å². The zero-order valence-corrected chi connectivity index (χ0v) is 11.2. The van der Waals surface area contributed by atoms with E-state index in [1.165, 1.54) is 18.5 Å². The van der Waals surface area contributed by atoms with Crippen molar-refractivity contribution in [2.45, 2.75) is 19.4 Å². The summed E-state index contributed by atoms with van der Waals surface area (Å²) in [4.78, 5) is 19.3. The topological polar surface area (TPSA) is 69.8 Å². The van der Waals surface area contributed by atoms with E-state index in [4.69, 9.17) is 0 Å². The molecule has 3 N–H and O–H groups in total. The molecule has 2 aromatic rings. The van der Waals surface area contributed by atoms with Crippen LogP contribution in [0.5, 0.6) is 0 Å². The first-order valence-corrected chi connectivity index (χ1v) is 6.79. The van der Waals surface area contributed by atoms with Crippen LogP contribution >= 0.6 is 0 Å². The number of nitrogens with zero attached hydrogens (tertiary/aromatic N) is 1. The number of aromatic amines is 1. The molecule has 106 valence electrons. The summed E-state index contributed by atoms with van der Waals surface area (Å²) in [5.41, 5.74) is 1.32. The number of fused-ring (bicyclic) bond motifs is 1. The molecule has 1 aromatic carbocycles. The van der Waals surface area contributed by atoms with E-state index in [0.717, 1.165) is 19.5 Å². The molecule has 0 radical (unpaired) electrons. The van der Waals surface area contributed by atoms with Gasteiger partial charge in [-0.15, -0.1) is 0 Å². The van der Waals surface area contributed by atoms with Gasteiger partial charge < -0.3 is 15.6 Å². The van der Waals surface area contributed by atoms with Crippen LogP contribution in [0.4, 0.5) is 4.39 Å². The number of H-pyrrole nitrogens is 1. The summed E-state index contributed by atoms with van der Waals surface area (Å²) in [5, 5.41) is 6.28. The summed E-state index contributed by atoms with van der Waals surface area (Å²) >= 11 is 0. The van der Waals surface area contributed by atoms with Crippen molar-refractivity contribution in [2.24, 2.45) is 5.92 Å². The Hall–Kier alpha value is -1.95. The van der Waals surface area contributed by atoms with Gasteiger partial charge in [-0.1, -0.05) is 6.92 Å². The lowest BCUT2D eigenvalue weighted by Gasteiger charge is -2.30. The lowest BCUT2D eigenvalue weighted by Crippen LogP contribution is -2.48. The quantitative estimate of drug-likeness (QED) is 0.777. The minimum Gasteiger partial charge on any atom is -0.349 e. The SMILES string of the molecule is CC1CNCCC1NC(=O)c1cc(F)cc2[nH]cnc12. The standard InChI is InChI=1S/C14H17FN4O/c1-8-6-16-3-2-11(8)19-14(20)10-4-9(15)5-12-13(10)18-7-17-12/h4-5,7-8,11,16H,2-3,6H2,1H3,(H,17,18)(H,19,20). The number of carbonyl (C=O) groups excluding carboxylic acids is 1. The summed E-state index contributed by atoms with van der Waals surface area (Å²) in [7, 11) is 0. The first kappa shape index (κ1) is 13.1. The second-order valence-corrected chi connectivity index (χ2v) is 5.30. The maximum absolute atomic E-state index is 13.6. The number of nitrogens with one attached hydrogen (secondary N) is 3. The summed E-state index contributed by atoms with van der Waals surface area (Å²) in [6.45, 7) is 3.86. The minimum absolute atomic E-state index is 0.112. The Morgan fingerprint density at radius 2 is 2.35 bits per heavy atom. The molecule has 6 heteroatoms. The lowest BCUT2D eigenvalue weighted by atomic mass is 9.95. The molecule has 0 bridgehead atoms. The van der Waals surface area contributed by atoms with Crippen molar-refractivity contribution < 1.29 is 9.18 Å². The molecule has 1 aliphatic heterocycles. The van der Waals surface area contributed by atoms with Crippen LogP contribution < -0.4 is 10.6 Å². The molecule has 0 aliphatic carbocycles. The Bertz CT molecular complexity index is 639. The largest absolute Gasteiger partial charge is 0.349 e. The predicted molar refractivity (Wildman–Crippen MR) is 74.0 cm³/mol.